The Morgan fingerprint density at radius 3 is 2.27 bits per heavy atom. The number of amides is 1. The quantitative estimate of drug-likeness (QED) is 0.467. The number of alkyl halides is 7. The van der Waals surface area contributed by atoms with Crippen LogP contribution in [0.3, 0.4) is 0 Å². The van der Waals surface area contributed by atoms with Crippen LogP contribution < -0.4 is 5.32 Å². The first-order valence-electron chi connectivity index (χ1n) is 8.74. The molecule has 0 bridgehead atoms. The van der Waals surface area contributed by atoms with Gasteiger partial charge in [0, 0.05) is 4.88 Å². The lowest BCUT2D eigenvalue weighted by molar-refractivity contribution is -0.457. The second kappa shape index (κ2) is 8.33. The molecule has 170 valence electrons. The van der Waals surface area contributed by atoms with E-state index < -0.39 is 41.4 Å². The molecule has 0 spiro atoms. The van der Waals surface area contributed by atoms with Crippen molar-refractivity contribution in [3.8, 4) is 0 Å². The van der Waals surface area contributed by atoms with Crippen molar-refractivity contribution in [3.05, 3.63) is 16.0 Å². The smallest absolute Gasteiger partial charge is 0.459 e. The lowest BCUT2D eigenvalue weighted by Crippen LogP contribution is -2.53. The van der Waals surface area contributed by atoms with Crippen molar-refractivity contribution in [3.63, 3.8) is 0 Å². The Morgan fingerprint density at radius 1 is 1.13 bits per heavy atom. The number of thiophene rings is 1. The summed E-state index contributed by atoms with van der Waals surface area (Å²) < 4.78 is 97.5. The van der Waals surface area contributed by atoms with Gasteiger partial charge in [0.1, 0.15) is 5.00 Å². The van der Waals surface area contributed by atoms with Crippen molar-refractivity contribution >= 4 is 28.2 Å². The van der Waals surface area contributed by atoms with Gasteiger partial charge >= 0.3 is 30.3 Å². The fraction of sp³-hybridized carbons (Fsp3) is 0.647. The molecule has 1 unspecified atom stereocenters. The maximum Gasteiger partial charge on any atom is 0.527 e. The van der Waals surface area contributed by atoms with E-state index in [2.05, 4.69) is 4.74 Å². The van der Waals surface area contributed by atoms with E-state index in [1.165, 1.54) is 19.2 Å². The third-order valence-corrected chi connectivity index (χ3v) is 5.35. The summed E-state index contributed by atoms with van der Waals surface area (Å²) in [5.74, 6) is -9.41. The van der Waals surface area contributed by atoms with Crippen molar-refractivity contribution in [2.75, 3.05) is 5.32 Å². The van der Waals surface area contributed by atoms with Gasteiger partial charge in [0.15, 0.2) is 0 Å². The molecule has 5 nitrogen and oxygen atoms in total. The molecular formula is C17H18F7NO4S. The number of carbonyl (C=O) groups is 2. The third kappa shape index (κ3) is 5.23. The van der Waals surface area contributed by atoms with Gasteiger partial charge < -0.3 is 10.1 Å². The summed E-state index contributed by atoms with van der Waals surface area (Å²) in [7, 11) is 0. The molecule has 0 saturated heterocycles. The molecular weight excluding hydrogens is 447 g/mol. The van der Waals surface area contributed by atoms with Crippen LogP contribution in [0.5, 0.6) is 0 Å². The number of hydrogen-bond acceptors (Lipinski definition) is 5. The lowest BCUT2D eigenvalue weighted by atomic mass is 9.88. The van der Waals surface area contributed by atoms with Crippen molar-refractivity contribution in [1.29, 1.82) is 0 Å². The fourth-order valence-electron chi connectivity index (χ4n) is 2.85. The SMILES string of the molecule is CC1CCc2c(sc(NC(=O)C(F)(F)C(F)(F)OC(F)(F)F)c2C(=O)OC(C)C)C1. The normalized spacial score (nSPS) is 17.6. The van der Waals surface area contributed by atoms with Crippen molar-refractivity contribution < 1.29 is 49.8 Å². The first kappa shape index (κ1) is 24.4. The maximum atomic E-state index is 13.8. The number of esters is 1. The third-order valence-electron chi connectivity index (χ3n) is 4.18. The van der Waals surface area contributed by atoms with Gasteiger partial charge in [0.2, 0.25) is 0 Å². The number of nitrogens with one attached hydrogen (secondary N) is 1. The Balaban J connectivity index is 2.39. The fourth-order valence-corrected chi connectivity index (χ4v) is 4.24. The van der Waals surface area contributed by atoms with Gasteiger partial charge in [-0.05, 0) is 44.6 Å². The average molecular weight is 465 g/mol. The second-order valence-electron chi connectivity index (χ2n) is 7.10. The van der Waals surface area contributed by atoms with Gasteiger partial charge in [-0.25, -0.2) is 9.53 Å². The van der Waals surface area contributed by atoms with Crippen LogP contribution in [0.4, 0.5) is 35.7 Å². The highest BCUT2D eigenvalue weighted by atomic mass is 32.1. The van der Waals surface area contributed by atoms with E-state index >= 15 is 0 Å². The number of halogens is 7. The zero-order valence-electron chi connectivity index (χ0n) is 16.0. The number of ether oxygens (including phenoxy) is 2. The monoisotopic (exact) mass is 465 g/mol. The highest BCUT2D eigenvalue weighted by Gasteiger charge is 2.67. The second-order valence-corrected chi connectivity index (χ2v) is 8.21. The minimum Gasteiger partial charge on any atom is -0.459 e. The zero-order chi connectivity index (χ0) is 23.1. The standard InChI is InChI=1S/C17H18F7NO4S/c1-7(2)28-13(26)11-9-5-4-8(3)6-10(9)30-12(11)25-14(27)15(18,19)16(20,21)29-17(22,23)24/h7-8H,4-6H2,1-3H3,(H,25,27). The maximum absolute atomic E-state index is 13.8. The largest absolute Gasteiger partial charge is 0.527 e. The Morgan fingerprint density at radius 2 is 1.73 bits per heavy atom. The minimum absolute atomic E-state index is 0.180. The number of anilines is 1. The average Bonchev–Trinajstić information content (AvgIpc) is 2.88. The summed E-state index contributed by atoms with van der Waals surface area (Å²) in [6, 6.07) is 0. The Kier molecular flexibility index (Phi) is 6.77. The molecule has 1 N–H and O–H groups in total. The molecule has 2 rings (SSSR count). The molecule has 1 atom stereocenters. The molecule has 0 radical (unpaired) electrons. The topological polar surface area (TPSA) is 64.6 Å². The summed E-state index contributed by atoms with van der Waals surface area (Å²) >= 11 is 0.715. The van der Waals surface area contributed by atoms with Crippen molar-refractivity contribution in [2.24, 2.45) is 5.92 Å². The first-order chi connectivity index (χ1) is 13.5. The molecule has 30 heavy (non-hydrogen) atoms. The molecule has 0 aliphatic heterocycles. The molecule has 0 saturated carbocycles. The minimum atomic E-state index is -6.17. The van der Waals surface area contributed by atoms with Crippen molar-refractivity contribution in [1.82, 2.24) is 0 Å². The van der Waals surface area contributed by atoms with Crippen LogP contribution in [0.1, 0.15) is 48.0 Å². The van der Waals surface area contributed by atoms with E-state index in [4.69, 9.17) is 4.74 Å². The van der Waals surface area contributed by atoms with E-state index in [0.717, 1.165) is 0 Å². The van der Waals surface area contributed by atoms with Crippen LogP contribution in [-0.2, 0) is 27.1 Å². The highest BCUT2D eigenvalue weighted by molar-refractivity contribution is 7.17. The van der Waals surface area contributed by atoms with E-state index in [1.807, 2.05) is 6.92 Å². The predicted molar refractivity (Wildman–Crippen MR) is 91.7 cm³/mol. The van der Waals surface area contributed by atoms with Gasteiger partial charge in [-0.1, -0.05) is 6.92 Å². The molecule has 13 heteroatoms. The molecule has 0 fully saturated rings. The Hall–Kier alpha value is -1.89. The zero-order valence-corrected chi connectivity index (χ0v) is 16.8. The Labute approximate surface area is 170 Å². The van der Waals surface area contributed by atoms with E-state index in [9.17, 15) is 40.3 Å². The van der Waals surface area contributed by atoms with Gasteiger partial charge in [0.05, 0.1) is 11.7 Å². The van der Waals surface area contributed by atoms with Crippen LogP contribution in [0.25, 0.3) is 0 Å². The summed E-state index contributed by atoms with van der Waals surface area (Å²) in [6.45, 7) is 4.93. The summed E-state index contributed by atoms with van der Waals surface area (Å²) in [4.78, 5) is 24.8. The number of carbonyl (C=O) groups excluding carboxylic acids is 2. The molecule has 1 amide bonds. The number of fused-ring (bicyclic) bond motifs is 1. The van der Waals surface area contributed by atoms with E-state index in [-0.39, 0.29) is 11.5 Å². The predicted octanol–water partition coefficient (Wildman–Crippen LogP) is 5.14. The first-order valence-corrected chi connectivity index (χ1v) is 9.56. The van der Waals surface area contributed by atoms with E-state index in [0.29, 0.717) is 41.0 Å². The highest BCUT2D eigenvalue weighted by Crippen LogP contribution is 2.43. The molecule has 1 aromatic rings. The molecule has 1 aliphatic carbocycles. The van der Waals surface area contributed by atoms with Crippen LogP contribution in [0.2, 0.25) is 0 Å². The van der Waals surface area contributed by atoms with Crippen LogP contribution in [-0.4, -0.2) is 36.4 Å². The van der Waals surface area contributed by atoms with Gasteiger partial charge in [-0.3, -0.25) is 4.79 Å². The summed E-state index contributed by atoms with van der Waals surface area (Å²) in [5.41, 5.74) is 0.167. The molecule has 1 aromatic heterocycles. The van der Waals surface area contributed by atoms with Gasteiger partial charge in [0.25, 0.3) is 0 Å². The molecule has 1 heterocycles. The lowest BCUT2D eigenvalue weighted by Gasteiger charge is -2.25. The summed E-state index contributed by atoms with van der Waals surface area (Å²) in [5, 5.41) is 0.977. The van der Waals surface area contributed by atoms with Crippen LogP contribution in [0, 0.1) is 5.92 Å². The van der Waals surface area contributed by atoms with Crippen molar-refractivity contribution in [2.45, 2.75) is 64.5 Å². The van der Waals surface area contributed by atoms with Gasteiger partial charge in [-0.2, -0.15) is 17.6 Å². The summed E-state index contributed by atoms with van der Waals surface area (Å²) in [6.07, 6.45) is -11.4. The number of hydrogen-bond donors (Lipinski definition) is 1. The van der Waals surface area contributed by atoms with Crippen LogP contribution in [0.15, 0.2) is 0 Å². The van der Waals surface area contributed by atoms with E-state index in [1.54, 1.807) is 0 Å². The molecule has 1 aliphatic rings. The molecule has 0 aromatic carbocycles. The van der Waals surface area contributed by atoms with Gasteiger partial charge in [-0.15, -0.1) is 24.5 Å². The Bertz CT molecular complexity index is 820. The van der Waals surface area contributed by atoms with Crippen LogP contribution >= 0.6 is 11.3 Å². The number of rotatable bonds is 6.